The van der Waals surface area contributed by atoms with Crippen LogP contribution in [0.25, 0.3) is 0 Å². The van der Waals surface area contributed by atoms with Gasteiger partial charge in [-0.1, -0.05) is 30.7 Å². The molecule has 2 aromatic rings. The summed E-state index contributed by atoms with van der Waals surface area (Å²) in [5, 5.41) is 8.65. The van der Waals surface area contributed by atoms with E-state index in [4.69, 9.17) is 16.3 Å². The van der Waals surface area contributed by atoms with Crippen LogP contribution in [-0.2, 0) is 30.4 Å². The van der Waals surface area contributed by atoms with Gasteiger partial charge in [0.2, 0.25) is 0 Å². The Balaban J connectivity index is 1.43. The number of rotatable bonds is 5. The van der Waals surface area contributed by atoms with Crippen molar-refractivity contribution in [2.24, 2.45) is 5.92 Å². The van der Waals surface area contributed by atoms with Gasteiger partial charge in [0.1, 0.15) is 17.2 Å². The lowest BCUT2D eigenvalue weighted by molar-refractivity contribution is -0.141. The zero-order valence-corrected chi connectivity index (χ0v) is 19.5. The number of carboxylic acid groups (broad SMARTS) is 1. The second kappa shape index (κ2) is 9.38. The van der Waals surface area contributed by atoms with Crippen molar-refractivity contribution >= 4 is 17.6 Å². The lowest BCUT2D eigenvalue weighted by Crippen LogP contribution is -2.49. The van der Waals surface area contributed by atoms with Gasteiger partial charge in [-0.3, -0.25) is 9.69 Å². The third-order valence-electron chi connectivity index (χ3n) is 6.86. The number of ether oxygens (including phenoxy) is 1. The number of aryl methyl sites for hydroxylation is 1. The molecular formula is C25H26ClF4NO3. The minimum absolute atomic E-state index is 0.0410. The third-order valence-corrected chi connectivity index (χ3v) is 7.14. The first-order chi connectivity index (χ1) is 16.0. The molecule has 1 fully saturated rings. The molecule has 0 aromatic heterocycles. The van der Waals surface area contributed by atoms with Crippen molar-refractivity contribution < 1.29 is 32.2 Å². The molecule has 4 rings (SSSR count). The summed E-state index contributed by atoms with van der Waals surface area (Å²) in [7, 11) is 0. The van der Waals surface area contributed by atoms with Crippen LogP contribution in [0, 0.1) is 11.7 Å². The summed E-state index contributed by atoms with van der Waals surface area (Å²) in [6, 6.07) is 7.30. The van der Waals surface area contributed by atoms with E-state index in [2.05, 4.69) is 0 Å². The van der Waals surface area contributed by atoms with Crippen LogP contribution >= 0.6 is 11.6 Å². The van der Waals surface area contributed by atoms with Crippen LogP contribution in [0.2, 0.25) is 5.02 Å². The first kappa shape index (κ1) is 24.8. The molecule has 0 amide bonds. The Kier molecular flexibility index (Phi) is 6.84. The van der Waals surface area contributed by atoms with Gasteiger partial charge in [0, 0.05) is 25.2 Å². The first-order valence-corrected chi connectivity index (χ1v) is 11.6. The van der Waals surface area contributed by atoms with Crippen molar-refractivity contribution in [3.63, 3.8) is 0 Å². The van der Waals surface area contributed by atoms with Gasteiger partial charge in [-0.15, -0.1) is 0 Å². The summed E-state index contributed by atoms with van der Waals surface area (Å²) in [6.07, 6.45) is -1.20. The summed E-state index contributed by atoms with van der Waals surface area (Å²) in [6.45, 7) is 2.82. The van der Waals surface area contributed by atoms with Crippen LogP contribution in [0.5, 0.6) is 5.75 Å². The lowest BCUT2D eigenvalue weighted by atomic mass is 9.82. The fourth-order valence-electron chi connectivity index (χ4n) is 4.75. The Hall–Kier alpha value is -2.32. The number of benzene rings is 2. The van der Waals surface area contributed by atoms with Gasteiger partial charge in [0.25, 0.3) is 0 Å². The average Bonchev–Trinajstić information content (AvgIpc) is 2.77. The van der Waals surface area contributed by atoms with Gasteiger partial charge in [-0.2, -0.15) is 13.2 Å². The predicted octanol–water partition coefficient (Wildman–Crippen LogP) is 6.12. The maximum Gasteiger partial charge on any atom is 0.416 e. The number of fused-ring (bicyclic) bond motifs is 1. The van der Waals surface area contributed by atoms with Crippen molar-refractivity contribution in [2.75, 3.05) is 13.1 Å². The standard InChI is InChI=1S/C25H26ClF4NO3/c1-15(23(32)33)10-16-2-3-17-4-5-24(34-21(17)11-16)6-8-31(9-7-24)14-18-12-19(25(28,29)30)13-20(26)22(18)27/h2-3,11-13,15H,4-10,14H2,1H3,(H,32,33). The highest BCUT2D eigenvalue weighted by molar-refractivity contribution is 6.30. The number of hydrogen-bond donors (Lipinski definition) is 1. The number of alkyl halides is 3. The molecule has 34 heavy (non-hydrogen) atoms. The Morgan fingerprint density at radius 1 is 1.21 bits per heavy atom. The Bertz CT molecular complexity index is 1080. The van der Waals surface area contributed by atoms with E-state index in [-0.39, 0.29) is 17.7 Å². The second-order valence-corrected chi connectivity index (χ2v) is 9.78. The van der Waals surface area contributed by atoms with Crippen molar-refractivity contribution in [1.82, 2.24) is 4.90 Å². The van der Waals surface area contributed by atoms with E-state index in [9.17, 15) is 27.5 Å². The van der Waals surface area contributed by atoms with E-state index >= 15 is 0 Å². The zero-order valence-electron chi connectivity index (χ0n) is 18.7. The van der Waals surface area contributed by atoms with Gasteiger partial charge < -0.3 is 9.84 Å². The maximum absolute atomic E-state index is 14.4. The lowest BCUT2D eigenvalue weighted by Gasteiger charge is -2.44. The van der Waals surface area contributed by atoms with Gasteiger partial charge in [-0.25, -0.2) is 4.39 Å². The quantitative estimate of drug-likeness (QED) is 0.503. The van der Waals surface area contributed by atoms with Crippen LogP contribution in [0.1, 0.15) is 48.4 Å². The van der Waals surface area contributed by atoms with E-state index in [0.29, 0.717) is 38.4 Å². The molecule has 1 saturated heterocycles. The molecule has 0 aliphatic carbocycles. The molecule has 0 bridgehead atoms. The highest BCUT2D eigenvalue weighted by atomic mass is 35.5. The van der Waals surface area contributed by atoms with E-state index in [1.54, 1.807) is 6.92 Å². The SMILES string of the molecule is CC(Cc1ccc2c(c1)OC1(CC2)CCN(Cc2cc(C(F)(F)F)cc(Cl)c2F)CC1)C(=O)O. The molecule has 2 aromatic carbocycles. The summed E-state index contributed by atoms with van der Waals surface area (Å²) < 4.78 is 60.2. The topological polar surface area (TPSA) is 49.8 Å². The van der Waals surface area contributed by atoms with Crippen molar-refractivity contribution in [3.8, 4) is 5.75 Å². The zero-order chi connectivity index (χ0) is 24.7. The summed E-state index contributed by atoms with van der Waals surface area (Å²) >= 11 is 5.72. The number of piperidine rings is 1. The molecule has 1 spiro atoms. The van der Waals surface area contributed by atoms with Crippen LogP contribution in [0.4, 0.5) is 17.6 Å². The van der Waals surface area contributed by atoms with Gasteiger partial charge in [0.15, 0.2) is 0 Å². The summed E-state index contributed by atoms with van der Waals surface area (Å²) in [5.41, 5.74) is 0.580. The number of aliphatic carboxylic acids is 1. The molecule has 1 unspecified atom stereocenters. The Morgan fingerprint density at radius 3 is 2.56 bits per heavy atom. The molecule has 2 aliphatic heterocycles. The highest BCUT2D eigenvalue weighted by Crippen LogP contribution is 2.41. The number of likely N-dealkylation sites (tertiary alicyclic amines) is 1. The molecule has 1 N–H and O–H groups in total. The number of nitrogens with zero attached hydrogens (tertiary/aromatic N) is 1. The highest BCUT2D eigenvalue weighted by Gasteiger charge is 2.40. The fraction of sp³-hybridized carbons (Fsp3) is 0.480. The number of halogens is 5. The minimum Gasteiger partial charge on any atom is -0.487 e. The van der Waals surface area contributed by atoms with Gasteiger partial charge >= 0.3 is 12.1 Å². The van der Waals surface area contributed by atoms with E-state index in [1.165, 1.54) is 0 Å². The van der Waals surface area contributed by atoms with Gasteiger partial charge in [-0.05, 0) is 61.4 Å². The average molecular weight is 500 g/mol. The minimum atomic E-state index is -4.59. The Morgan fingerprint density at radius 2 is 1.91 bits per heavy atom. The number of carbonyl (C=O) groups is 1. The molecular weight excluding hydrogens is 474 g/mol. The van der Waals surface area contributed by atoms with E-state index in [0.717, 1.165) is 35.8 Å². The Labute approximate surface area is 200 Å². The van der Waals surface area contributed by atoms with Crippen LogP contribution < -0.4 is 4.74 Å². The van der Waals surface area contributed by atoms with Crippen LogP contribution in [-0.4, -0.2) is 34.7 Å². The molecule has 1 atom stereocenters. The molecule has 184 valence electrons. The number of hydrogen-bond acceptors (Lipinski definition) is 3. The molecule has 2 aliphatic rings. The molecule has 0 radical (unpaired) electrons. The maximum atomic E-state index is 14.4. The van der Waals surface area contributed by atoms with Crippen LogP contribution in [0.15, 0.2) is 30.3 Å². The first-order valence-electron chi connectivity index (χ1n) is 11.3. The smallest absolute Gasteiger partial charge is 0.416 e. The largest absolute Gasteiger partial charge is 0.487 e. The van der Waals surface area contributed by atoms with E-state index in [1.807, 2.05) is 23.1 Å². The van der Waals surface area contributed by atoms with Crippen molar-refractivity contribution in [3.05, 3.63) is 63.4 Å². The molecule has 4 nitrogen and oxygen atoms in total. The second-order valence-electron chi connectivity index (χ2n) is 9.38. The van der Waals surface area contributed by atoms with Crippen LogP contribution in [0.3, 0.4) is 0 Å². The molecule has 2 heterocycles. The third kappa shape index (κ3) is 5.33. The van der Waals surface area contributed by atoms with Crippen molar-refractivity contribution in [1.29, 1.82) is 0 Å². The van der Waals surface area contributed by atoms with Gasteiger partial charge in [0.05, 0.1) is 16.5 Å². The molecule has 9 heteroatoms. The normalized spacial score (nSPS) is 18.9. The monoisotopic (exact) mass is 499 g/mol. The molecule has 0 saturated carbocycles. The summed E-state index contributed by atoms with van der Waals surface area (Å²) in [5.74, 6) is -1.39. The van der Waals surface area contributed by atoms with Crippen molar-refractivity contribution in [2.45, 2.75) is 57.3 Å². The summed E-state index contributed by atoms with van der Waals surface area (Å²) in [4.78, 5) is 13.1. The predicted molar refractivity (Wildman–Crippen MR) is 120 cm³/mol. The fourth-order valence-corrected chi connectivity index (χ4v) is 4.99. The van der Waals surface area contributed by atoms with E-state index < -0.39 is 34.5 Å². The number of carboxylic acids is 1.